The van der Waals surface area contributed by atoms with E-state index in [0.29, 0.717) is 17.6 Å². The summed E-state index contributed by atoms with van der Waals surface area (Å²) < 4.78 is 9.72. The van der Waals surface area contributed by atoms with Crippen molar-refractivity contribution in [3.05, 3.63) is 249 Å². The lowest BCUT2D eigenvalue weighted by molar-refractivity contribution is 0.955. The van der Waals surface area contributed by atoms with Gasteiger partial charge in [-0.05, 0) is 36.4 Å². The Balaban J connectivity index is 0.000000133. The van der Waals surface area contributed by atoms with Gasteiger partial charge in [0.05, 0.1) is 39.6 Å². The molecule has 16 aromatic rings. The van der Waals surface area contributed by atoms with Gasteiger partial charge in [0.25, 0.3) is 0 Å². The van der Waals surface area contributed by atoms with Crippen molar-refractivity contribution in [2.45, 2.75) is 0 Å². The molecule has 356 valence electrons. The SMILES string of the molecule is c1ccc(-c2nc(-c3ccccc3)nc(-n3c4ccccc4c4ccc5sc6ccccc6c5c43)n2)cc1.c1ccc(-c2ncc(-n3c4ccccc4c4ccc5sc6ccccc6c5c43)c(-c3ccccc3)n2)cc1. The molecule has 16 rings (SSSR count). The highest BCUT2D eigenvalue weighted by Gasteiger charge is 2.23. The molecule has 0 aliphatic heterocycles. The first-order valence-electron chi connectivity index (χ1n) is 25.2. The van der Waals surface area contributed by atoms with E-state index in [1.807, 2.05) is 114 Å². The van der Waals surface area contributed by atoms with Gasteiger partial charge in [0.1, 0.15) is 0 Å². The zero-order valence-corrected chi connectivity index (χ0v) is 42.3. The number of fused-ring (bicyclic) bond motifs is 14. The summed E-state index contributed by atoms with van der Waals surface area (Å²) >= 11 is 3.67. The van der Waals surface area contributed by atoms with E-state index in [4.69, 9.17) is 24.9 Å². The van der Waals surface area contributed by atoms with Crippen LogP contribution in [0.15, 0.2) is 249 Å². The summed E-state index contributed by atoms with van der Waals surface area (Å²) in [5.41, 5.74) is 10.4. The third-order valence-electron chi connectivity index (χ3n) is 14.3. The van der Waals surface area contributed by atoms with Gasteiger partial charge < -0.3 is 4.57 Å². The van der Waals surface area contributed by atoms with Crippen LogP contribution in [0.4, 0.5) is 0 Å². The van der Waals surface area contributed by atoms with E-state index in [0.717, 1.165) is 56.0 Å². The summed E-state index contributed by atoms with van der Waals surface area (Å²) in [4.78, 5) is 25.2. The van der Waals surface area contributed by atoms with E-state index >= 15 is 0 Å². The minimum absolute atomic E-state index is 0.617. The van der Waals surface area contributed by atoms with Crippen LogP contribution in [0.2, 0.25) is 0 Å². The van der Waals surface area contributed by atoms with Crippen LogP contribution < -0.4 is 0 Å². The molecule has 0 atom stereocenters. The largest absolute Gasteiger partial charge is 0.305 e. The number of thiophene rings is 2. The van der Waals surface area contributed by atoms with Crippen molar-refractivity contribution in [3.63, 3.8) is 0 Å². The average Bonchev–Trinajstić information content (AvgIpc) is 4.29. The second-order valence-corrected chi connectivity index (χ2v) is 20.9. The molecule has 6 heterocycles. The van der Waals surface area contributed by atoms with Gasteiger partial charge >= 0.3 is 0 Å². The van der Waals surface area contributed by atoms with Gasteiger partial charge in [-0.25, -0.2) is 15.0 Å². The molecule has 0 radical (unpaired) electrons. The van der Waals surface area contributed by atoms with Crippen molar-refractivity contribution in [2.75, 3.05) is 0 Å². The van der Waals surface area contributed by atoms with Crippen molar-refractivity contribution in [3.8, 4) is 57.1 Å². The predicted octanol–water partition coefficient (Wildman–Crippen LogP) is 17.9. The van der Waals surface area contributed by atoms with Crippen LogP contribution >= 0.6 is 22.7 Å². The van der Waals surface area contributed by atoms with Gasteiger partial charge in [-0.3, -0.25) is 4.57 Å². The summed E-state index contributed by atoms with van der Waals surface area (Å²) in [7, 11) is 0. The molecule has 76 heavy (non-hydrogen) atoms. The van der Waals surface area contributed by atoms with Crippen LogP contribution in [0.3, 0.4) is 0 Å². The average molecular weight is 1010 g/mol. The molecule has 0 aliphatic carbocycles. The molecule has 0 amide bonds. The van der Waals surface area contributed by atoms with E-state index in [9.17, 15) is 0 Å². The Kier molecular flexibility index (Phi) is 10.4. The molecule has 0 saturated carbocycles. The van der Waals surface area contributed by atoms with Crippen LogP contribution in [0, 0.1) is 0 Å². The minimum atomic E-state index is 0.617. The third-order valence-corrected chi connectivity index (χ3v) is 16.6. The number of benzene rings is 10. The molecule has 0 aliphatic rings. The molecule has 6 aromatic heterocycles. The first-order chi connectivity index (χ1) is 37.7. The molecule has 0 unspecified atom stereocenters. The Hall–Kier alpha value is -9.67. The van der Waals surface area contributed by atoms with Gasteiger partial charge in [0.2, 0.25) is 5.95 Å². The van der Waals surface area contributed by atoms with Crippen molar-refractivity contribution in [2.24, 2.45) is 0 Å². The Morgan fingerprint density at radius 2 is 0.697 bits per heavy atom. The highest BCUT2D eigenvalue weighted by Crippen LogP contribution is 2.45. The molecular formula is C67H41N7S2. The van der Waals surface area contributed by atoms with E-state index in [-0.39, 0.29) is 0 Å². The van der Waals surface area contributed by atoms with E-state index < -0.39 is 0 Å². The second-order valence-electron chi connectivity index (χ2n) is 18.7. The topological polar surface area (TPSA) is 74.3 Å². The van der Waals surface area contributed by atoms with Crippen LogP contribution in [-0.4, -0.2) is 34.1 Å². The lowest BCUT2D eigenvalue weighted by Gasteiger charge is -2.15. The Bertz CT molecular complexity index is 4810. The molecule has 0 N–H and O–H groups in total. The smallest absolute Gasteiger partial charge is 0.238 e. The van der Waals surface area contributed by atoms with Gasteiger partial charge in [-0.15, -0.1) is 22.7 Å². The highest BCUT2D eigenvalue weighted by molar-refractivity contribution is 7.26. The van der Waals surface area contributed by atoms with Crippen molar-refractivity contribution < 1.29 is 0 Å². The molecular weight excluding hydrogens is 967 g/mol. The summed E-state index contributed by atoms with van der Waals surface area (Å²) in [6, 6.07) is 84.4. The summed E-state index contributed by atoms with van der Waals surface area (Å²) in [6.45, 7) is 0. The van der Waals surface area contributed by atoms with Crippen molar-refractivity contribution in [1.82, 2.24) is 34.1 Å². The van der Waals surface area contributed by atoms with E-state index in [1.54, 1.807) is 0 Å². The maximum Gasteiger partial charge on any atom is 0.238 e. The minimum Gasteiger partial charge on any atom is -0.305 e. The number of nitrogens with zero attached hydrogens (tertiary/aromatic N) is 7. The molecule has 0 spiro atoms. The first-order valence-corrected chi connectivity index (χ1v) is 26.9. The second kappa shape index (κ2) is 18.1. The van der Waals surface area contributed by atoms with Gasteiger partial charge in [-0.1, -0.05) is 206 Å². The number of rotatable bonds is 6. The molecule has 0 bridgehead atoms. The predicted molar refractivity (Wildman–Crippen MR) is 318 cm³/mol. The Morgan fingerprint density at radius 1 is 0.289 bits per heavy atom. The van der Waals surface area contributed by atoms with Crippen LogP contribution in [0.25, 0.3) is 141 Å². The van der Waals surface area contributed by atoms with Gasteiger partial charge in [0, 0.05) is 84.1 Å². The van der Waals surface area contributed by atoms with Gasteiger partial charge in [0.15, 0.2) is 17.5 Å². The van der Waals surface area contributed by atoms with Crippen LogP contribution in [-0.2, 0) is 0 Å². The van der Waals surface area contributed by atoms with Crippen LogP contribution in [0.5, 0.6) is 0 Å². The summed E-state index contributed by atoms with van der Waals surface area (Å²) in [5, 5.41) is 9.90. The standard InChI is InChI=1S/C34H21N3S.C33H20N4S/c1-3-11-22(12-4-1)32-28(21-35-34(36-32)23-13-5-2-6-14-23)37-27-17-9-7-15-24(27)25-19-20-30-31(33(25)37)26-16-8-10-18-29(26)38-30;1-3-11-21(12-4-1)31-34-32(22-13-5-2-6-14-22)36-33(35-31)37-26-17-9-7-15-23(26)24-19-20-28-29(30(24)37)25-16-8-10-18-27(25)38-28/h1-21H;1-20H. The zero-order valence-electron chi connectivity index (χ0n) is 40.6. The fourth-order valence-electron chi connectivity index (χ4n) is 11.0. The molecule has 9 heteroatoms. The maximum absolute atomic E-state index is 5.18. The summed E-state index contributed by atoms with van der Waals surface area (Å²) in [5.74, 6) is 2.65. The molecule has 10 aromatic carbocycles. The van der Waals surface area contributed by atoms with Crippen LogP contribution in [0.1, 0.15) is 0 Å². The number of hydrogen-bond acceptors (Lipinski definition) is 7. The fourth-order valence-corrected chi connectivity index (χ4v) is 13.2. The zero-order chi connectivity index (χ0) is 50.1. The molecule has 0 fully saturated rings. The van der Waals surface area contributed by atoms with Crippen molar-refractivity contribution >= 4 is 107 Å². The van der Waals surface area contributed by atoms with Gasteiger partial charge in [-0.2, -0.15) is 9.97 Å². The summed E-state index contributed by atoms with van der Waals surface area (Å²) in [6.07, 6.45) is 2.00. The van der Waals surface area contributed by atoms with E-state index in [2.05, 4.69) is 167 Å². The lowest BCUT2D eigenvalue weighted by atomic mass is 10.1. The Morgan fingerprint density at radius 3 is 1.21 bits per heavy atom. The number of para-hydroxylation sites is 2. The molecule has 0 saturated heterocycles. The van der Waals surface area contributed by atoms with Crippen molar-refractivity contribution in [1.29, 1.82) is 0 Å². The lowest BCUT2D eigenvalue weighted by Crippen LogP contribution is -2.06. The van der Waals surface area contributed by atoms with E-state index in [1.165, 1.54) is 67.4 Å². The Labute approximate surface area is 444 Å². The maximum atomic E-state index is 5.18. The normalized spacial score (nSPS) is 11.7. The number of hydrogen-bond donors (Lipinski definition) is 0. The quantitative estimate of drug-likeness (QED) is 0.166. The molecule has 7 nitrogen and oxygen atoms in total. The first kappa shape index (κ1) is 43.9. The third kappa shape index (κ3) is 7.20. The monoisotopic (exact) mass is 1010 g/mol. The number of aromatic nitrogens is 7. The highest BCUT2D eigenvalue weighted by atomic mass is 32.1. The fraction of sp³-hybridized carbons (Fsp3) is 0.